The third-order valence-corrected chi connectivity index (χ3v) is 3.34. The molecule has 0 saturated heterocycles. The van der Waals surface area contributed by atoms with Gasteiger partial charge >= 0.3 is 0 Å². The van der Waals surface area contributed by atoms with Gasteiger partial charge < -0.3 is 0 Å². The van der Waals surface area contributed by atoms with Gasteiger partial charge in [-0.2, -0.15) is 0 Å². The number of rotatable bonds is 2. The third-order valence-electron chi connectivity index (χ3n) is 2.06. The van der Waals surface area contributed by atoms with Crippen LogP contribution in [-0.4, -0.2) is 0 Å². The van der Waals surface area contributed by atoms with Gasteiger partial charge in [0, 0.05) is 0 Å². The summed E-state index contributed by atoms with van der Waals surface area (Å²) in [6.07, 6.45) is 9.31. The quantitative estimate of drug-likeness (QED) is 0.625. The van der Waals surface area contributed by atoms with Crippen molar-refractivity contribution in [3.05, 3.63) is 53.9 Å². The Labute approximate surface area is 81.2 Å². The molecule has 1 aromatic rings. The summed E-state index contributed by atoms with van der Waals surface area (Å²) in [7, 11) is 0.828. The van der Waals surface area contributed by atoms with Crippen molar-refractivity contribution in [3.63, 3.8) is 0 Å². The highest BCUT2D eigenvalue weighted by molar-refractivity contribution is 7.52. The Hall–Kier alpha value is -0.870. The number of allylic oxidation sites excluding steroid dienone is 4. The maximum absolute atomic E-state index is 2.35. The van der Waals surface area contributed by atoms with Gasteiger partial charge in [0.15, 0.2) is 0 Å². The molecule has 2 rings (SSSR count). The van der Waals surface area contributed by atoms with Crippen LogP contribution in [0.5, 0.6) is 0 Å². The van der Waals surface area contributed by atoms with Crippen LogP contribution in [-0.2, 0) is 0 Å². The molecule has 0 aromatic heterocycles. The van der Waals surface area contributed by atoms with Crippen molar-refractivity contribution in [1.82, 2.24) is 0 Å². The fraction of sp³-hybridized carbons (Fsp3) is 0.167. The van der Waals surface area contributed by atoms with E-state index in [9.17, 15) is 0 Å². The second-order valence-corrected chi connectivity index (χ2v) is 4.53. The molecule has 0 fully saturated rings. The van der Waals surface area contributed by atoms with Gasteiger partial charge in [-0.15, -0.1) is 0 Å². The molecule has 0 spiro atoms. The van der Waals surface area contributed by atoms with Gasteiger partial charge in [0.25, 0.3) is 0 Å². The summed E-state index contributed by atoms with van der Waals surface area (Å²) in [5.41, 5.74) is 0. The first-order valence-corrected chi connectivity index (χ1v) is 5.64. The summed E-state index contributed by atoms with van der Waals surface area (Å²) in [4.78, 5) is 0. The van der Waals surface area contributed by atoms with Gasteiger partial charge in [0.05, 0.1) is 0 Å². The Morgan fingerprint density at radius 3 is 2.54 bits per heavy atom. The van der Waals surface area contributed by atoms with Crippen molar-refractivity contribution in [3.8, 4) is 0 Å². The molecule has 0 amide bonds. The van der Waals surface area contributed by atoms with Crippen LogP contribution in [0.1, 0.15) is 12.8 Å². The molecule has 0 saturated carbocycles. The smallest absolute Gasteiger partial charge is 0.0226 e. The third kappa shape index (κ3) is 2.54. The zero-order valence-electron chi connectivity index (χ0n) is 7.53. The van der Waals surface area contributed by atoms with Gasteiger partial charge in [-0.1, -0.05) is 57.1 Å². The average Bonchev–Trinajstić information content (AvgIpc) is 2.21. The SMILES string of the molecule is C1=CC(Pc2ccccc2)=CCC1. The second kappa shape index (κ2) is 4.39. The van der Waals surface area contributed by atoms with Crippen molar-refractivity contribution < 1.29 is 0 Å². The Morgan fingerprint density at radius 2 is 1.85 bits per heavy atom. The summed E-state index contributed by atoms with van der Waals surface area (Å²) >= 11 is 0. The van der Waals surface area contributed by atoms with E-state index in [1.807, 2.05) is 0 Å². The molecule has 1 atom stereocenters. The van der Waals surface area contributed by atoms with E-state index < -0.39 is 0 Å². The zero-order chi connectivity index (χ0) is 8.93. The zero-order valence-corrected chi connectivity index (χ0v) is 8.53. The number of hydrogen-bond acceptors (Lipinski definition) is 0. The van der Waals surface area contributed by atoms with Gasteiger partial charge in [-0.3, -0.25) is 0 Å². The topological polar surface area (TPSA) is 0 Å². The van der Waals surface area contributed by atoms with Crippen LogP contribution in [0.25, 0.3) is 0 Å². The van der Waals surface area contributed by atoms with Crippen molar-refractivity contribution in [2.45, 2.75) is 12.8 Å². The summed E-state index contributed by atoms with van der Waals surface area (Å²) in [5.74, 6) is 0. The molecular weight excluding hydrogens is 175 g/mol. The average molecular weight is 188 g/mol. The van der Waals surface area contributed by atoms with Gasteiger partial charge in [-0.25, -0.2) is 0 Å². The molecule has 0 bridgehead atoms. The molecule has 0 heterocycles. The summed E-state index contributed by atoms with van der Waals surface area (Å²) in [6, 6.07) is 10.7. The minimum atomic E-state index is 0.828. The van der Waals surface area contributed by atoms with E-state index in [1.54, 1.807) is 0 Å². The maximum Gasteiger partial charge on any atom is -0.0226 e. The minimum absolute atomic E-state index is 0.828. The lowest BCUT2D eigenvalue weighted by Gasteiger charge is -2.06. The van der Waals surface area contributed by atoms with Crippen LogP contribution < -0.4 is 5.30 Å². The van der Waals surface area contributed by atoms with Crippen molar-refractivity contribution >= 4 is 13.9 Å². The van der Waals surface area contributed by atoms with Crippen LogP contribution in [0.3, 0.4) is 0 Å². The Bertz CT molecular complexity index is 322. The fourth-order valence-electron chi connectivity index (χ4n) is 1.39. The predicted molar refractivity (Wildman–Crippen MR) is 60.8 cm³/mol. The Balaban J connectivity index is 2.06. The summed E-state index contributed by atoms with van der Waals surface area (Å²) < 4.78 is 0. The van der Waals surface area contributed by atoms with E-state index in [1.165, 1.54) is 23.5 Å². The standard InChI is InChI=1S/C12H13P/c1-3-7-11(8-4-1)13-12-9-5-2-6-10-12/h1,3-5,7-10,13H,2,6H2. The largest absolute Gasteiger partial charge is 0.0836 e. The minimum Gasteiger partial charge on any atom is -0.0836 e. The lowest BCUT2D eigenvalue weighted by molar-refractivity contribution is 1.03. The first kappa shape index (κ1) is 8.72. The molecule has 0 N–H and O–H groups in total. The normalized spacial score (nSPS) is 16.5. The van der Waals surface area contributed by atoms with Crippen LogP contribution in [0, 0.1) is 0 Å². The monoisotopic (exact) mass is 188 g/mol. The predicted octanol–water partition coefficient (Wildman–Crippen LogP) is 3.22. The van der Waals surface area contributed by atoms with E-state index in [4.69, 9.17) is 0 Å². The van der Waals surface area contributed by atoms with Crippen molar-refractivity contribution in [2.75, 3.05) is 0 Å². The van der Waals surface area contributed by atoms with Crippen LogP contribution in [0.4, 0.5) is 0 Å². The maximum atomic E-state index is 2.35. The van der Waals surface area contributed by atoms with Crippen LogP contribution in [0.2, 0.25) is 0 Å². The van der Waals surface area contributed by atoms with E-state index in [-0.39, 0.29) is 0 Å². The fourth-order valence-corrected chi connectivity index (χ4v) is 2.53. The molecule has 1 heteroatoms. The van der Waals surface area contributed by atoms with Crippen molar-refractivity contribution in [2.24, 2.45) is 0 Å². The number of benzene rings is 1. The van der Waals surface area contributed by atoms with E-state index in [0.717, 1.165) is 8.58 Å². The molecule has 66 valence electrons. The first-order valence-electron chi connectivity index (χ1n) is 4.64. The van der Waals surface area contributed by atoms with Gasteiger partial charge in [-0.05, 0) is 23.5 Å². The van der Waals surface area contributed by atoms with Gasteiger partial charge in [0.1, 0.15) is 0 Å². The first-order chi connectivity index (χ1) is 6.45. The molecule has 0 aliphatic heterocycles. The molecular formula is C12H13P. The molecule has 1 aliphatic rings. The lowest BCUT2D eigenvalue weighted by atomic mass is 10.2. The molecule has 13 heavy (non-hydrogen) atoms. The molecule has 1 unspecified atom stereocenters. The summed E-state index contributed by atoms with van der Waals surface area (Å²) in [6.45, 7) is 0. The number of hydrogen-bond donors (Lipinski definition) is 0. The molecule has 0 radical (unpaired) electrons. The summed E-state index contributed by atoms with van der Waals surface area (Å²) in [5, 5.41) is 2.91. The van der Waals surface area contributed by atoms with Crippen LogP contribution in [0.15, 0.2) is 53.9 Å². The van der Waals surface area contributed by atoms with Gasteiger partial charge in [0.2, 0.25) is 0 Å². The Kier molecular flexibility index (Phi) is 2.94. The highest BCUT2D eigenvalue weighted by atomic mass is 31.1. The second-order valence-electron chi connectivity index (χ2n) is 3.13. The van der Waals surface area contributed by atoms with Crippen molar-refractivity contribution in [1.29, 1.82) is 0 Å². The highest BCUT2D eigenvalue weighted by Crippen LogP contribution is 2.27. The molecule has 1 aromatic carbocycles. The van der Waals surface area contributed by atoms with E-state index in [0.29, 0.717) is 0 Å². The highest BCUT2D eigenvalue weighted by Gasteiger charge is 1.98. The van der Waals surface area contributed by atoms with E-state index in [2.05, 4.69) is 48.6 Å². The van der Waals surface area contributed by atoms with E-state index >= 15 is 0 Å². The van der Waals surface area contributed by atoms with Crippen LogP contribution >= 0.6 is 8.58 Å². The molecule has 1 aliphatic carbocycles. The Morgan fingerprint density at radius 1 is 1.00 bits per heavy atom. The molecule has 0 nitrogen and oxygen atoms in total. The lowest BCUT2D eigenvalue weighted by Crippen LogP contribution is -1.92.